The van der Waals surface area contributed by atoms with Crippen LogP contribution in [0.1, 0.15) is 80.1 Å². The van der Waals surface area contributed by atoms with Crippen LogP contribution in [0.25, 0.3) is 0 Å². The predicted octanol–water partition coefficient (Wildman–Crippen LogP) is 6.47. The van der Waals surface area contributed by atoms with Crippen molar-refractivity contribution in [2.24, 2.45) is 40.4 Å². The fraction of sp³-hybridized carbons (Fsp3) is 0.806. The van der Waals surface area contributed by atoms with E-state index in [0.29, 0.717) is 30.1 Å². The third-order valence-corrected chi connectivity index (χ3v) is 16.3. The number of carbonyl (C=O) groups excluding carboxylic acids is 2. The van der Waals surface area contributed by atoms with E-state index in [4.69, 9.17) is 9.16 Å². The Bertz CT molecular complexity index is 930. The van der Waals surface area contributed by atoms with Crippen molar-refractivity contribution in [1.82, 2.24) is 0 Å². The molecule has 6 heteroatoms. The molecule has 0 spiro atoms. The number of ketones is 1. The lowest BCUT2D eigenvalue weighted by Gasteiger charge is -2.62. The number of ether oxygens (including phenoxy) is 1. The molecule has 0 aromatic heterocycles. The van der Waals surface area contributed by atoms with Gasteiger partial charge < -0.3 is 14.3 Å². The highest BCUT2D eigenvalue weighted by molar-refractivity contribution is 6.73. The molecule has 0 saturated heterocycles. The summed E-state index contributed by atoms with van der Waals surface area (Å²) in [6, 6.07) is 3.36. The standard InChI is InChI=1S/C31H50O5Si/c1-8-37(9-2,10-3)36-27-19-31(6)23(20(4)11-14-28(34)35-7)12-13-24(31)22-18-26(33)25-17-21(32)15-16-30(25,5)29(22)27/h11,14,17,20,22-24,26-27,29,33H,8-10,12-13,15-16,18-19H2,1-7H3/b14-11+/t20-,22?,23-,24?,26+,27?,29?,30+,31-/m1/s1. The summed E-state index contributed by atoms with van der Waals surface area (Å²) in [5.41, 5.74) is 0.873. The molecule has 0 bridgehead atoms. The van der Waals surface area contributed by atoms with Crippen LogP contribution >= 0.6 is 0 Å². The number of esters is 1. The van der Waals surface area contributed by atoms with Gasteiger partial charge in [0.05, 0.1) is 13.2 Å². The summed E-state index contributed by atoms with van der Waals surface area (Å²) in [4.78, 5) is 24.3. The van der Waals surface area contributed by atoms with Gasteiger partial charge in [-0.1, -0.05) is 47.6 Å². The molecule has 0 heterocycles. The Hall–Kier alpha value is -1.24. The summed E-state index contributed by atoms with van der Waals surface area (Å²) < 4.78 is 12.3. The lowest BCUT2D eigenvalue weighted by atomic mass is 9.45. The lowest BCUT2D eigenvalue weighted by molar-refractivity contribution is -0.143. The van der Waals surface area contributed by atoms with Gasteiger partial charge in [0.1, 0.15) is 0 Å². The van der Waals surface area contributed by atoms with E-state index in [1.165, 1.54) is 7.11 Å². The van der Waals surface area contributed by atoms with Gasteiger partial charge in [0.25, 0.3) is 0 Å². The van der Waals surface area contributed by atoms with E-state index in [9.17, 15) is 14.7 Å². The monoisotopic (exact) mass is 530 g/mol. The topological polar surface area (TPSA) is 72.8 Å². The molecule has 4 rings (SSSR count). The van der Waals surface area contributed by atoms with Crippen molar-refractivity contribution in [1.29, 1.82) is 0 Å². The van der Waals surface area contributed by atoms with Gasteiger partial charge in [-0.15, -0.1) is 0 Å². The molecule has 0 aromatic carbocycles. The third kappa shape index (κ3) is 4.84. The first-order valence-corrected chi connectivity index (χ1v) is 17.4. The Kier molecular flexibility index (Phi) is 8.34. The molecule has 4 aliphatic carbocycles. The van der Waals surface area contributed by atoms with Gasteiger partial charge >= 0.3 is 5.97 Å². The summed E-state index contributed by atoms with van der Waals surface area (Å²) in [6.45, 7) is 14.0. The Morgan fingerprint density at radius 2 is 1.89 bits per heavy atom. The minimum absolute atomic E-state index is 0.0862. The lowest BCUT2D eigenvalue weighted by Crippen LogP contribution is -2.61. The second-order valence-electron chi connectivity index (χ2n) is 13.1. The van der Waals surface area contributed by atoms with E-state index in [2.05, 4.69) is 41.5 Å². The number of aliphatic hydroxyl groups excluding tert-OH is 1. The molecule has 0 aliphatic heterocycles. The molecule has 37 heavy (non-hydrogen) atoms. The molecule has 0 radical (unpaired) electrons. The molecule has 4 unspecified atom stereocenters. The third-order valence-electron chi connectivity index (χ3n) is 11.7. The number of rotatable bonds is 8. The Labute approximate surface area is 225 Å². The highest BCUT2D eigenvalue weighted by atomic mass is 28.4. The Morgan fingerprint density at radius 3 is 2.51 bits per heavy atom. The Balaban J connectivity index is 1.76. The zero-order chi connectivity index (χ0) is 27.2. The number of fused-ring (bicyclic) bond motifs is 5. The van der Waals surface area contributed by atoms with Crippen LogP contribution in [0.5, 0.6) is 0 Å². The maximum Gasteiger partial charge on any atom is 0.330 e. The van der Waals surface area contributed by atoms with Gasteiger partial charge in [-0.3, -0.25) is 4.79 Å². The average molecular weight is 531 g/mol. The number of aliphatic hydroxyl groups is 1. The van der Waals surface area contributed by atoms with E-state index < -0.39 is 14.4 Å². The second-order valence-corrected chi connectivity index (χ2v) is 17.8. The van der Waals surface area contributed by atoms with Gasteiger partial charge in [0.2, 0.25) is 0 Å². The summed E-state index contributed by atoms with van der Waals surface area (Å²) in [5.74, 6) is 1.83. The number of hydrogen-bond acceptors (Lipinski definition) is 5. The summed E-state index contributed by atoms with van der Waals surface area (Å²) in [6.07, 6.45) is 10.5. The highest BCUT2D eigenvalue weighted by Crippen LogP contribution is 2.68. The molecule has 0 aromatic rings. The van der Waals surface area contributed by atoms with Crippen molar-refractivity contribution in [3.63, 3.8) is 0 Å². The largest absolute Gasteiger partial charge is 0.466 e. The molecule has 4 aliphatic rings. The van der Waals surface area contributed by atoms with Crippen molar-refractivity contribution < 1.29 is 23.9 Å². The normalized spacial score (nSPS) is 40.5. The molecule has 208 valence electrons. The van der Waals surface area contributed by atoms with Gasteiger partial charge in [-0.05, 0) is 102 Å². The first kappa shape index (κ1) is 28.8. The van der Waals surface area contributed by atoms with Gasteiger partial charge in [-0.2, -0.15) is 0 Å². The molecule has 5 nitrogen and oxygen atoms in total. The van der Waals surface area contributed by atoms with Crippen molar-refractivity contribution in [2.75, 3.05) is 7.11 Å². The summed E-state index contributed by atoms with van der Waals surface area (Å²) in [7, 11) is -0.460. The van der Waals surface area contributed by atoms with Crippen LogP contribution in [0.15, 0.2) is 23.8 Å². The molecular formula is C31H50O5Si. The number of carbonyl (C=O) groups is 2. The van der Waals surface area contributed by atoms with Crippen molar-refractivity contribution >= 4 is 20.1 Å². The van der Waals surface area contributed by atoms with Crippen LogP contribution in [-0.2, 0) is 18.8 Å². The SMILES string of the molecule is CC[Si](CC)(CC)OC1C[C@@]2(C)C(CC[C@@H]2[C@H](C)/C=C/C(=O)OC)C2C[C@H](O)C3=CC(=O)CC[C@]3(C)C12. The van der Waals surface area contributed by atoms with Crippen LogP contribution in [0.2, 0.25) is 18.1 Å². The zero-order valence-electron chi connectivity index (χ0n) is 24.2. The van der Waals surface area contributed by atoms with Crippen LogP contribution in [0.4, 0.5) is 0 Å². The van der Waals surface area contributed by atoms with Crippen LogP contribution < -0.4 is 0 Å². The summed E-state index contributed by atoms with van der Waals surface area (Å²) >= 11 is 0. The smallest absolute Gasteiger partial charge is 0.330 e. The average Bonchev–Trinajstić information content (AvgIpc) is 3.23. The minimum atomic E-state index is -1.89. The quantitative estimate of drug-likeness (QED) is 0.221. The first-order chi connectivity index (χ1) is 17.5. The fourth-order valence-electron chi connectivity index (χ4n) is 9.47. The Morgan fingerprint density at radius 1 is 1.22 bits per heavy atom. The second kappa shape index (κ2) is 10.7. The van der Waals surface area contributed by atoms with Crippen LogP contribution in [0, 0.1) is 40.4 Å². The molecule has 0 amide bonds. The number of methoxy groups -OCH3 is 1. The maximum atomic E-state index is 12.4. The molecule has 9 atom stereocenters. The minimum Gasteiger partial charge on any atom is -0.466 e. The van der Waals surface area contributed by atoms with Crippen molar-refractivity contribution in [3.8, 4) is 0 Å². The van der Waals surface area contributed by atoms with E-state index >= 15 is 0 Å². The van der Waals surface area contributed by atoms with Crippen molar-refractivity contribution in [3.05, 3.63) is 23.8 Å². The number of allylic oxidation sites excluding steroid dienone is 1. The van der Waals surface area contributed by atoms with E-state index in [0.717, 1.165) is 55.8 Å². The molecule has 1 N–H and O–H groups in total. The molecule has 3 fully saturated rings. The van der Waals surface area contributed by atoms with Crippen LogP contribution in [0.3, 0.4) is 0 Å². The van der Waals surface area contributed by atoms with E-state index in [1.54, 1.807) is 12.2 Å². The van der Waals surface area contributed by atoms with Gasteiger partial charge in [0, 0.05) is 18.6 Å². The molecule has 3 saturated carbocycles. The van der Waals surface area contributed by atoms with E-state index in [1.807, 2.05) is 6.08 Å². The predicted molar refractivity (Wildman–Crippen MR) is 149 cm³/mol. The summed E-state index contributed by atoms with van der Waals surface area (Å²) in [5, 5.41) is 11.4. The maximum absolute atomic E-state index is 12.4. The zero-order valence-corrected chi connectivity index (χ0v) is 25.2. The van der Waals surface area contributed by atoms with Crippen LogP contribution in [-0.4, -0.2) is 44.5 Å². The van der Waals surface area contributed by atoms with Gasteiger partial charge in [0.15, 0.2) is 14.1 Å². The van der Waals surface area contributed by atoms with E-state index in [-0.39, 0.29) is 34.6 Å². The molecular weight excluding hydrogens is 480 g/mol. The highest BCUT2D eigenvalue weighted by Gasteiger charge is 2.64. The number of hydrogen-bond donors (Lipinski definition) is 1. The first-order valence-electron chi connectivity index (χ1n) is 14.9. The van der Waals surface area contributed by atoms with Crippen molar-refractivity contribution in [2.45, 2.75) is 110 Å². The fourth-order valence-corrected chi connectivity index (χ4v) is 12.3. The van der Waals surface area contributed by atoms with Gasteiger partial charge in [-0.25, -0.2) is 4.79 Å².